The first-order valence-electron chi connectivity index (χ1n) is 11.6. The monoisotopic (exact) mass is 457 g/mol. The molecule has 0 aromatic rings. The molecule has 0 amide bonds. The highest BCUT2D eigenvalue weighted by molar-refractivity contribution is 6.01. The molecule has 3 N–H and O–H groups in total. The van der Waals surface area contributed by atoms with Crippen LogP contribution in [0.5, 0.6) is 0 Å². The fraction of sp³-hybridized carbons (Fsp3) is 0.654. The zero-order valence-corrected chi connectivity index (χ0v) is 19.6. The number of allylic oxidation sites excluding steroid dienone is 4. The minimum absolute atomic E-state index is 0.00662. The Kier molecular flexibility index (Phi) is 7.33. The topological polar surface area (TPSA) is 113 Å². The van der Waals surface area contributed by atoms with Gasteiger partial charge in [-0.05, 0) is 61.0 Å². The second kappa shape index (κ2) is 9.54. The average molecular weight is 458 g/mol. The number of hydrogen-bond donors (Lipinski definition) is 3. The van der Waals surface area contributed by atoms with Crippen molar-refractivity contribution in [3.63, 3.8) is 0 Å². The lowest BCUT2D eigenvalue weighted by atomic mass is 9.46. The van der Waals surface area contributed by atoms with Crippen LogP contribution < -0.4 is 5.48 Å². The number of fused-ring (bicyclic) bond motifs is 5. The Labute approximate surface area is 195 Å². The van der Waals surface area contributed by atoms with E-state index in [2.05, 4.69) is 32.2 Å². The standard InChI is InChI=1S/C24H33NO6.C2H2/c1-13(26)31-12-20(29)21-14(11-25-30)8-18-17-5-4-15-9-16(27)6-7-23(15,2)22(17)19(28)10-24(18,21)3;1-2/h6-7,9,14,17-19,21-22,25,28,30H,4-5,8,10-12H2,1-3H3;1-2H/t14?,17-,18?,19-,21+,22?,23-,24-;/m0./s1. The molecule has 3 fully saturated rings. The van der Waals surface area contributed by atoms with Crippen molar-refractivity contribution in [2.45, 2.75) is 52.6 Å². The normalized spacial score (nSPS) is 40.9. The molecule has 0 aromatic carbocycles. The summed E-state index contributed by atoms with van der Waals surface area (Å²) < 4.78 is 5.02. The zero-order valence-electron chi connectivity index (χ0n) is 19.6. The van der Waals surface area contributed by atoms with E-state index in [4.69, 9.17) is 4.74 Å². The maximum Gasteiger partial charge on any atom is 0.303 e. The highest BCUT2D eigenvalue weighted by atomic mass is 16.5. The summed E-state index contributed by atoms with van der Waals surface area (Å²) in [7, 11) is 0. The number of Topliss-reactive ketones (excluding diaryl/α,β-unsaturated/α-hetero) is 1. The smallest absolute Gasteiger partial charge is 0.303 e. The van der Waals surface area contributed by atoms with Gasteiger partial charge in [-0.25, -0.2) is 5.48 Å². The van der Waals surface area contributed by atoms with E-state index in [1.165, 1.54) is 6.92 Å². The molecule has 0 radical (unpaired) electrons. The predicted octanol–water partition coefficient (Wildman–Crippen LogP) is 2.47. The maximum absolute atomic E-state index is 13.2. The lowest BCUT2D eigenvalue weighted by Gasteiger charge is -2.58. The molecule has 0 bridgehead atoms. The molecule has 8 atom stereocenters. The molecule has 0 aromatic heterocycles. The fourth-order valence-corrected chi connectivity index (χ4v) is 7.72. The van der Waals surface area contributed by atoms with Crippen LogP contribution in [0.2, 0.25) is 0 Å². The molecule has 33 heavy (non-hydrogen) atoms. The minimum Gasteiger partial charge on any atom is -0.458 e. The molecule has 0 aliphatic heterocycles. The number of aliphatic hydroxyl groups is 1. The van der Waals surface area contributed by atoms with Crippen LogP contribution in [-0.4, -0.2) is 47.1 Å². The van der Waals surface area contributed by atoms with Crippen molar-refractivity contribution in [3.05, 3.63) is 23.8 Å². The number of terminal acetylenes is 1. The molecular weight excluding hydrogens is 422 g/mol. The highest BCUT2D eigenvalue weighted by Gasteiger charge is 2.64. The lowest BCUT2D eigenvalue weighted by Crippen LogP contribution is -2.56. The molecule has 180 valence electrons. The third-order valence-corrected chi connectivity index (χ3v) is 8.79. The Morgan fingerprint density at radius 2 is 2.00 bits per heavy atom. The van der Waals surface area contributed by atoms with Gasteiger partial charge in [0.05, 0.1) is 6.10 Å². The Morgan fingerprint density at radius 1 is 1.30 bits per heavy atom. The van der Waals surface area contributed by atoms with Gasteiger partial charge in [-0.1, -0.05) is 25.5 Å². The van der Waals surface area contributed by atoms with Crippen molar-refractivity contribution in [1.29, 1.82) is 0 Å². The third-order valence-electron chi connectivity index (χ3n) is 8.79. The van der Waals surface area contributed by atoms with Crippen LogP contribution in [-0.2, 0) is 19.1 Å². The largest absolute Gasteiger partial charge is 0.458 e. The number of hydrogen-bond acceptors (Lipinski definition) is 7. The molecular formula is C26H35NO6. The fourth-order valence-electron chi connectivity index (χ4n) is 7.72. The molecule has 4 rings (SSSR count). The summed E-state index contributed by atoms with van der Waals surface area (Å²) in [4.78, 5) is 36.4. The molecule has 3 unspecified atom stereocenters. The molecule has 0 saturated heterocycles. The lowest BCUT2D eigenvalue weighted by molar-refractivity contribution is -0.153. The Morgan fingerprint density at radius 3 is 2.64 bits per heavy atom. The second-order valence-corrected chi connectivity index (χ2v) is 10.4. The highest BCUT2D eigenvalue weighted by Crippen LogP contribution is 2.67. The number of carbonyl (C=O) groups excluding carboxylic acids is 3. The predicted molar refractivity (Wildman–Crippen MR) is 122 cm³/mol. The van der Waals surface area contributed by atoms with E-state index < -0.39 is 23.4 Å². The number of ketones is 2. The number of ether oxygens (including phenoxy) is 1. The van der Waals surface area contributed by atoms with E-state index in [0.29, 0.717) is 6.42 Å². The van der Waals surface area contributed by atoms with Gasteiger partial charge in [0.2, 0.25) is 0 Å². The Hall–Kier alpha value is -2.27. The number of carbonyl (C=O) groups is 3. The van der Waals surface area contributed by atoms with E-state index in [1.807, 2.05) is 6.08 Å². The number of hydroxylamine groups is 1. The van der Waals surface area contributed by atoms with Gasteiger partial charge in [0.15, 0.2) is 11.6 Å². The molecule has 0 heterocycles. The van der Waals surface area contributed by atoms with Crippen LogP contribution in [0.1, 0.15) is 46.5 Å². The second-order valence-electron chi connectivity index (χ2n) is 10.4. The van der Waals surface area contributed by atoms with Crippen molar-refractivity contribution in [2.24, 2.45) is 40.4 Å². The number of aliphatic hydroxyl groups excluding tert-OH is 1. The minimum atomic E-state index is -0.609. The van der Waals surface area contributed by atoms with Gasteiger partial charge in [-0.2, -0.15) is 0 Å². The summed E-state index contributed by atoms with van der Waals surface area (Å²) in [6.45, 7) is 5.50. The van der Waals surface area contributed by atoms with Gasteiger partial charge in [0.25, 0.3) is 0 Å². The summed E-state index contributed by atoms with van der Waals surface area (Å²) in [6.07, 6.45) is 15.6. The first kappa shape index (κ1) is 25.4. The van der Waals surface area contributed by atoms with Gasteiger partial charge >= 0.3 is 5.97 Å². The van der Waals surface area contributed by atoms with Crippen LogP contribution in [0.25, 0.3) is 0 Å². The molecule has 4 aliphatic carbocycles. The van der Waals surface area contributed by atoms with Crippen LogP contribution in [0, 0.1) is 53.3 Å². The first-order valence-corrected chi connectivity index (χ1v) is 11.6. The summed E-state index contributed by atoms with van der Waals surface area (Å²) in [6, 6.07) is 0. The van der Waals surface area contributed by atoms with E-state index in [0.717, 1.165) is 24.8 Å². The van der Waals surface area contributed by atoms with Gasteiger partial charge in [0, 0.05) is 30.7 Å². The van der Waals surface area contributed by atoms with Gasteiger partial charge < -0.3 is 15.1 Å². The summed E-state index contributed by atoms with van der Waals surface area (Å²) >= 11 is 0. The van der Waals surface area contributed by atoms with Crippen LogP contribution in [0.3, 0.4) is 0 Å². The van der Waals surface area contributed by atoms with Crippen LogP contribution >= 0.6 is 0 Å². The Bertz CT molecular complexity index is 890. The number of rotatable bonds is 5. The summed E-state index contributed by atoms with van der Waals surface area (Å²) in [5.74, 6) is -0.727. The number of nitrogens with one attached hydrogen (secondary N) is 1. The number of esters is 1. The molecule has 4 aliphatic rings. The van der Waals surface area contributed by atoms with Crippen molar-refractivity contribution >= 4 is 17.5 Å². The van der Waals surface area contributed by atoms with Crippen LogP contribution in [0.15, 0.2) is 23.8 Å². The van der Waals surface area contributed by atoms with E-state index in [9.17, 15) is 24.7 Å². The first-order chi connectivity index (χ1) is 15.6. The van der Waals surface area contributed by atoms with E-state index in [1.54, 1.807) is 12.2 Å². The summed E-state index contributed by atoms with van der Waals surface area (Å²) in [5, 5.41) is 20.8. The zero-order chi connectivity index (χ0) is 24.6. The van der Waals surface area contributed by atoms with Gasteiger partial charge in [0.1, 0.15) is 6.61 Å². The Balaban J connectivity index is 0.00000149. The van der Waals surface area contributed by atoms with Crippen molar-refractivity contribution in [1.82, 2.24) is 5.48 Å². The molecule has 7 heteroatoms. The average Bonchev–Trinajstić information content (AvgIpc) is 3.05. The maximum atomic E-state index is 13.2. The van der Waals surface area contributed by atoms with E-state index >= 15 is 0 Å². The van der Waals surface area contributed by atoms with Gasteiger partial charge in [-0.15, -0.1) is 12.8 Å². The molecule has 0 spiro atoms. The quantitative estimate of drug-likeness (QED) is 0.330. The summed E-state index contributed by atoms with van der Waals surface area (Å²) in [5.41, 5.74) is 2.54. The van der Waals surface area contributed by atoms with E-state index in [-0.39, 0.29) is 53.8 Å². The van der Waals surface area contributed by atoms with Gasteiger partial charge in [-0.3, -0.25) is 14.4 Å². The van der Waals surface area contributed by atoms with Crippen LogP contribution in [0.4, 0.5) is 0 Å². The van der Waals surface area contributed by atoms with Crippen molar-refractivity contribution in [3.8, 4) is 12.8 Å². The molecule has 3 saturated carbocycles. The third kappa shape index (κ3) is 4.21. The molecule has 7 nitrogen and oxygen atoms in total. The van der Waals surface area contributed by atoms with Crippen molar-refractivity contribution in [2.75, 3.05) is 13.2 Å². The SMILES string of the molecule is C#C.CC(=O)OCC(=O)[C@H]1C(CNO)CC2[C@@H]3CCC4=CC(=O)C=C[C@]4(C)C3[C@@H](O)C[C@@]21C. The van der Waals surface area contributed by atoms with Crippen molar-refractivity contribution < 1.29 is 29.4 Å².